The number of piperazine rings is 1. The fraction of sp³-hybridized carbons (Fsp3) is 0.409. The van der Waals surface area contributed by atoms with Crippen LogP contribution in [0.15, 0.2) is 54.6 Å². The highest BCUT2D eigenvalue weighted by atomic mass is 16.5. The second-order valence-electron chi connectivity index (χ2n) is 7.08. The molecule has 1 N–H and O–H groups in total. The summed E-state index contributed by atoms with van der Waals surface area (Å²) in [6.07, 6.45) is 0. The van der Waals surface area contributed by atoms with E-state index in [0.717, 1.165) is 31.9 Å². The predicted molar refractivity (Wildman–Crippen MR) is 110 cm³/mol. The summed E-state index contributed by atoms with van der Waals surface area (Å²) in [7, 11) is 1.68. The quantitative estimate of drug-likeness (QED) is 0.817. The average Bonchev–Trinajstić information content (AvgIpc) is 2.73. The van der Waals surface area contributed by atoms with Gasteiger partial charge in [0.25, 0.3) is 0 Å². The Balaban J connectivity index is 1.40. The van der Waals surface area contributed by atoms with Crippen molar-refractivity contribution in [3.63, 3.8) is 0 Å². The van der Waals surface area contributed by atoms with Crippen molar-refractivity contribution >= 4 is 11.6 Å². The number of ether oxygens (including phenoxy) is 1. The van der Waals surface area contributed by atoms with E-state index in [-0.39, 0.29) is 5.91 Å². The summed E-state index contributed by atoms with van der Waals surface area (Å²) in [6, 6.07) is 18.5. The van der Waals surface area contributed by atoms with Crippen LogP contribution in [0, 0.1) is 0 Å². The number of amides is 1. The van der Waals surface area contributed by atoms with Crippen LogP contribution in [0.4, 0.5) is 5.69 Å². The van der Waals surface area contributed by atoms with Gasteiger partial charge in [0.2, 0.25) is 5.91 Å². The molecule has 5 nitrogen and oxygen atoms in total. The van der Waals surface area contributed by atoms with Crippen molar-refractivity contribution in [1.82, 2.24) is 10.2 Å². The van der Waals surface area contributed by atoms with E-state index in [1.54, 1.807) is 7.11 Å². The normalized spacial score (nSPS) is 16.0. The number of nitrogens with zero attached hydrogens (tertiary/aromatic N) is 2. The van der Waals surface area contributed by atoms with Crippen molar-refractivity contribution < 1.29 is 9.53 Å². The lowest BCUT2D eigenvalue weighted by Crippen LogP contribution is -2.49. The largest absolute Gasteiger partial charge is 0.497 e. The van der Waals surface area contributed by atoms with Gasteiger partial charge in [-0.25, -0.2) is 0 Å². The van der Waals surface area contributed by atoms with Crippen LogP contribution in [-0.4, -0.2) is 57.2 Å². The monoisotopic (exact) mass is 367 g/mol. The van der Waals surface area contributed by atoms with E-state index in [1.807, 2.05) is 30.3 Å². The maximum atomic E-state index is 12.3. The zero-order valence-electron chi connectivity index (χ0n) is 16.2. The number of carbonyl (C=O) groups is 1. The molecule has 1 atom stereocenters. The first-order chi connectivity index (χ1) is 13.2. The van der Waals surface area contributed by atoms with E-state index in [0.29, 0.717) is 19.0 Å². The van der Waals surface area contributed by atoms with Crippen LogP contribution < -0.4 is 15.0 Å². The van der Waals surface area contributed by atoms with E-state index in [1.165, 1.54) is 11.3 Å². The van der Waals surface area contributed by atoms with Gasteiger partial charge in [0.05, 0.1) is 13.7 Å². The van der Waals surface area contributed by atoms with Gasteiger partial charge in [-0.3, -0.25) is 9.69 Å². The molecule has 0 saturated carbocycles. The van der Waals surface area contributed by atoms with E-state index >= 15 is 0 Å². The van der Waals surface area contributed by atoms with Gasteiger partial charge in [0, 0.05) is 38.4 Å². The second kappa shape index (κ2) is 9.42. The molecule has 0 spiro atoms. The van der Waals surface area contributed by atoms with Gasteiger partial charge >= 0.3 is 0 Å². The summed E-state index contributed by atoms with van der Waals surface area (Å²) >= 11 is 0. The number of rotatable bonds is 7. The summed E-state index contributed by atoms with van der Waals surface area (Å²) < 4.78 is 5.21. The Hall–Kier alpha value is -2.53. The molecule has 144 valence electrons. The minimum absolute atomic E-state index is 0.107. The summed E-state index contributed by atoms with van der Waals surface area (Å²) in [5.74, 6) is 1.30. The molecule has 0 radical (unpaired) electrons. The SMILES string of the molecule is COc1ccc(N2CCN(CC(=O)NC[C@@H](C)c3ccccc3)CC2)cc1. The van der Waals surface area contributed by atoms with Crippen LogP contribution >= 0.6 is 0 Å². The minimum atomic E-state index is 0.107. The number of nitrogens with one attached hydrogen (secondary N) is 1. The molecular weight excluding hydrogens is 338 g/mol. The van der Waals surface area contributed by atoms with Gasteiger partial charge in [-0.1, -0.05) is 37.3 Å². The van der Waals surface area contributed by atoms with Crippen LogP contribution in [0.1, 0.15) is 18.4 Å². The van der Waals surface area contributed by atoms with E-state index in [4.69, 9.17) is 4.74 Å². The van der Waals surface area contributed by atoms with E-state index in [2.05, 4.69) is 46.3 Å². The Morgan fingerprint density at radius 3 is 2.33 bits per heavy atom. The number of benzene rings is 2. The molecule has 2 aromatic carbocycles. The first kappa shape index (κ1) is 19.2. The van der Waals surface area contributed by atoms with Crippen molar-refractivity contribution in [2.24, 2.45) is 0 Å². The fourth-order valence-electron chi connectivity index (χ4n) is 3.38. The van der Waals surface area contributed by atoms with Crippen LogP contribution in [0.25, 0.3) is 0 Å². The Bertz CT molecular complexity index is 710. The first-order valence-electron chi connectivity index (χ1n) is 9.58. The van der Waals surface area contributed by atoms with Crippen molar-refractivity contribution in [2.45, 2.75) is 12.8 Å². The number of hydrogen-bond donors (Lipinski definition) is 1. The maximum absolute atomic E-state index is 12.3. The second-order valence-corrected chi connectivity index (χ2v) is 7.08. The minimum Gasteiger partial charge on any atom is -0.497 e. The standard InChI is InChI=1S/C22H29N3O2/c1-18(19-6-4-3-5-7-19)16-23-22(26)17-24-12-14-25(15-13-24)20-8-10-21(27-2)11-9-20/h3-11,18H,12-17H2,1-2H3,(H,23,26)/t18-/m1/s1. The highest BCUT2D eigenvalue weighted by molar-refractivity contribution is 5.78. The highest BCUT2D eigenvalue weighted by Gasteiger charge is 2.19. The number of hydrogen-bond acceptors (Lipinski definition) is 4. The van der Waals surface area contributed by atoms with Gasteiger partial charge in [-0.05, 0) is 35.7 Å². The van der Waals surface area contributed by atoms with Gasteiger partial charge in [0.1, 0.15) is 5.75 Å². The van der Waals surface area contributed by atoms with Crippen molar-refractivity contribution in [1.29, 1.82) is 0 Å². The summed E-state index contributed by atoms with van der Waals surface area (Å²) in [5.41, 5.74) is 2.46. The molecule has 1 aliphatic heterocycles. The summed E-state index contributed by atoms with van der Waals surface area (Å²) in [4.78, 5) is 16.9. The zero-order chi connectivity index (χ0) is 19.1. The zero-order valence-corrected chi connectivity index (χ0v) is 16.2. The molecule has 1 saturated heterocycles. The molecule has 0 bridgehead atoms. The molecule has 0 aliphatic carbocycles. The molecule has 1 aliphatic rings. The molecule has 0 aromatic heterocycles. The Morgan fingerprint density at radius 1 is 1.04 bits per heavy atom. The summed E-state index contributed by atoms with van der Waals surface area (Å²) in [6.45, 7) is 6.94. The Kier molecular flexibility index (Phi) is 6.71. The van der Waals surface area contributed by atoms with Crippen LogP contribution in [0.5, 0.6) is 5.75 Å². The van der Waals surface area contributed by atoms with Gasteiger partial charge in [-0.15, -0.1) is 0 Å². The van der Waals surface area contributed by atoms with Crippen LogP contribution in [0.2, 0.25) is 0 Å². The topological polar surface area (TPSA) is 44.8 Å². The molecule has 0 unspecified atom stereocenters. The third-order valence-electron chi connectivity index (χ3n) is 5.15. The van der Waals surface area contributed by atoms with E-state index in [9.17, 15) is 4.79 Å². The molecule has 5 heteroatoms. The van der Waals surface area contributed by atoms with Gasteiger partial charge in [-0.2, -0.15) is 0 Å². The smallest absolute Gasteiger partial charge is 0.234 e. The highest BCUT2D eigenvalue weighted by Crippen LogP contribution is 2.20. The molecular formula is C22H29N3O2. The lowest BCUT2D eigenvalue weighted by atomic mass is 10.0. The summed E-state index contributed by atoms with van der Waals surface area (Å²) in [5, 5.41) is 3.08. The van der Waals surface area contributed by atoms with Crippen molar-refractivity contribution in [2.75, 3.05) is 51.3 Å². The first-order valence-corrected chi connectivity index (χ1v) is 9.58. The van der Waals surface area contributed by atoms with Gasteiger partial charge < -0.3 is 15.0 Å². The fourth-order valence-corrected chi connectivity index (χ4v) is 3.38. The number of methoxy groups -OCH3 is 1. The molecule has 27 heavy (non-hydrogen) atoms. The maximum Gasteiger partial charge on any atom is 0.234 e. The molecule has 3 rings (SSSR count). The third-order valence-corrected chi connectivity index (χ3v) is 5.15. The molecule has 1 amide bonds. The Labute approximate surface area is 161 Å². The number of anilines is 1. The van der Waals surface area contributed by atoms with Crippen LogP contribution in [-0.2, 0) is 4.79 Å². The van der Waals surface area contributed by atoms with E-state index < -0.39 is 0 Å². The lowest BCUT2D eigenvalue weighted by Gasteiger charge is -2.35. The average molecular weight is 367 g/mol. The van der Waals surface area contributed by atoms with Gasteiger partial charge in [0.15, 0.2) is 0 Å². The van der Waals surface area contributed by atoms with Crippen LogP contribution in [0.3, 0.4) is 0 Å². The molecule has 2 aromatic rings. The Morgan fingerprint density at radius 2 is 1.70 bits per heavy atom. The van der Waals surface area contributed by atoms with Crippen molar-refractivity contribution in [3.8, 4) is 5.75 Å². The number of carbonyl (C=O) groups excluding carboxylic acids is 1. The lowest BCUT2D eigenvalue weighted by molar-refractivity contribution is -0.122. The predicted octanol–water partition coefficient (Wildman–Crippen LogP) is 2.74. The van der Waals surface area contributed by atoms with Crippen molar-refractivity contribution in [3.05, 3.63) is 60.2 Å². The molecule has 1 fully saturated rings. The molecule has 1 heterocycles. The third kappa shape index (κ3) is 5.47.